The van der Waals surface area contributed by atoms with Gasteiger partial charge in [0.15, 0.2) is 0 Å². The van der Waals surface area contributed by atoms with Crippen LogP contribution < -0.4 is 14.9 Å². The average molecular weight is 357 g/mol. The van der Waals surface area contributed by atoms with E-state index in [2.05, 4.69) is 4.98 Å². The number of aromatic amines is 1. The van der Waals surface area contributed by atoms with Crippen LogP contribution in [0.2, 0.25) is 0 Å². The number of hydrogen-bond acceptors (Lipinski definition) is 3. The highest BCUT2D eigenvalue weighted by atomic mass is 16.5. The molecule has 4 heteroatoms. The monoisotopic (exact) mass is 357 g/mol. The zero-order valence-electron chi connectivity index (χ0n) is 15.4. The second kappa shape index (κ2) is 5.36. The third-order valence-electron chi connectivity index (χ3n) is 5.15. The maximum Gasteiger partial charge on any atom is 0.201 e. The number of H-pyrrole nitrogens is 1. The molecule has 0 bridgehead atoms. The molecule has 0 radical (unpaired) electrons. The fourth-order valence-electron chi connectivity index (χ4n) is 3.82. The fourth-order valence-corrected chi connectivity index (χ4v) is 3.82. The topological polar surface area (TPSA) is 51.3 Å². The van der Waals surface area contributed by atoms with Gasteiger partial charge in [0.2, 0.25) is 5.43 Å². The van der Waals surface area contributed by atoms with E-state index in [0.717, 1.165) is 27.4 Å². The zero-order valence-corrected chi connectivity index (χ0v) is 15.4. The predicted octanol–water partition coefficient (Wildman–Crippen LogP) is 5.03. The quantitative estimate of drug-likeness (QED) is 0.486. The van der Waals surface area contributed by atoms with Crippen molar-refractivity contribution in [1.82, 2.24) is 4.98 Å². The standard InChI is InChI=1S/C23H19NO3/c1-23(2)9-8-15-18(27-23)12-19(26-3)20-21(15)24-17-11-14-7-5-4-6-13(14)10-16(17)22(20)25/h4-12H,1-3H3,(H,24,25). The van der Waals surface area contributed by atoms with Gasteiger partial charge >= 0.3 is 0 Å². The van der Waals surface area contributed by atoms with E-state index in [0.29, 0.717) is 22.3 Å². The van der Waals surface area contributed by atoms with Gasteiger partial charge in [-0.1, -0.05) is 24.3 Å². The van der Waals surface area contributed by atoms with Gasteiger partial charge < -0.3 is 14.5 Å². The summed E-state index contributed by atoms with van der Waals surface area (Å²) in [7, 11) is 1.58. The summed E-state index contributed by atoms with van der Waals surface area (Å²) in [6.07, 6.45) is 4.02. The van der Waals surface area contributed by atoms with Crippen molar-refractivity contribution >= 4 is 38.7 Å². The van der Waals surface area contributed by atoms with Gasteiger partial charge in [-0.2, -0.15) is 0 Å². The molecular weight excluding hydrogens is 338 g/mol. The summed E-state index contributed by atoms with van der Waals surface area (Å²) in [6, 6.07) is 13.8. The summed E-state index contributed by atoms with van der Waals surface area (Å²) in [6.45, 7) is 4.00. The van der Waals surface area contributed by atoms with E-state index in [4.69, 9.17) is 9.47 Å². The van der Waals surface area contributed by atoms with Crippen LogP contribution in [0, 0.1) is 0 Å². The number of nitrogens with one attached hydrogen (secondary N) is 1. The van der Waals surface area contributed by atoms with Crippen LogP contribution in [0.1, 0.15) is 19.4 Å². The fraction of sp³-hybridized carbons (Fsp3) is 0.174. The second-order valence-corrected chi connectivity index (χ2v) is 7.48. The summed E-state index contributed by atoms with van der Waals surface area (Å²) in [5.41, 5.74) is 1.97. The molecule has 27 heavy (non-hydrogen) atoms. The SMILES string of the molecule is COc1cc2c(c3[nH]c4cc5ccccc5cc4c(=O)c13)C=CC(C)(C)O2. The van der Waals surface area contributed by atoms with Crippen LogP contribution in [0.3, 0.4) is 0 Å². The van der Waals surface area contributed by atoms with Gasteiger partial charge in [-0.3, -0.25) is 4.79 Å². The molecule has 0 saturated heterocycles. The highest BCUT2D eigenvalue weighted by Crippen LogP contribution is 2.40. The lowest BCUT2D eigenvalue weighted by molar-refractivity contribution is 0.159. The van der Waals surface area contributed by atoms with E-state index in [1.807, 2.05) is 68.5 Å². The third-order valence-corrected chi connectivity index (χ3v) is 5.15. The molecule has 0 atom stereocenters. The lowest BCUT2D eigenvalue weighted by atomic mass is 9.98. The van der Waals surface area contributed by atoms with Crippen LogP contribution in [-0.4, -0.2) is 17.7 Å². The van der Waals surface area contributed by atoms with Crippen LogP contribution in [0.25, 0.3) is 38.7 Å². The molecule has 5 rings (SSSR count). The highest BCUT2D eigenvalue weighted by molar-refractivity contribution is 6.05. The van der Waals surface area contributed by atoms with E-state index in [1.54, 1.807) is 7.11 Å². The number of methoxy groups -OCH3 is 1. The Morgan fingerprint density at radius 3 is 2.56 bits per heavy atom. The Hall–Kier alpha value is -3.27. The van der Waals surface area contributed by atoms with Crippen molar-refractivity contribution < 1.29 is 9.47 Å². The van der Waals surface area contributed by atoms with E-state index in [1.165, 1.54) is 0 Å². The Kier molecular flexibility index (Phi) is 3.17. The van der Waals surface area contributed by atoms with E-state index in [-0.39, 0.29) is 5.43 Å². The molecule has 1 aromatic heterocycles. The lowest BCUT2D eigenvalue weighted by Gasteiger charge is -2.28. The molecule has 0 saturated carbocycles. The minimum absolute atomic E-state index is 0.0395. The zero-order chi connectivity index (χ0) is 18.8. The summed E-state index contributed by atoms with van der Waals surface area (Å²) in [4.78, 5) is 16.8. The average Bonchev–Trinajstić information content (AvgIpc) is 2.65. The Morgan fingerprint density at radius 2 is 1.81 bits per heavy atom. The smallest absolute Gasteiger partial charge is 0.201 e. The predicted molar refractivity (Wildman–Crippen MR) is 110 cm³/mol. The number of ether oxygens (including phenoxy) is 2. The first-order chi connectivity index (χ1) is 13.0. The summed E-state index contributed by atoms with van der Waals surface area (Å²) in [5, 5.41) is 3.33. The van der Waals surface area contributed by atoms with Crippen LogP contribution in [0.5, 0.6) is 11.5 Å². The van der Waals surface area contributed by atoms with Crippen LogP contribution in [0.15, 0.2) is 53.3 Å². The second-order valence-electron chi connectivity index (χ2n) is 7.48. The van der Waals surface area contributed by atoms with Gasteiger partial charge in [-0.15, -0.1) is 0 Å². The van der Waals surface area contributed by atoms with Crippen LogP contribution in [-0.2, 0) is 0 Å². The molecule has 4 aromatic rings. The first-order valence-electron chi connectivity index (χ1n) is 8.94. The van der Waals surface area contributed by atoms with Gasteiger partial charge in [0, 0.05) is 17.0 Å². The number of hydrogen-bond donors (Lipinski definition) is 1. The van der Waals surface area contributed by atoms with Gasteiger partial charge in [-0.05, 0) is 48.9 Å². The van der Waals surface area contributed by atoms with Gasteiger partial charge in [0.1, 0.15) is 17.1 Å². The molecule has 0 unspecified atom stereocenters. The van der Waals surface area contributed by atoms with E-state index >= 15 is 0 Å². The van der Waals surface area contributed by atoms with Crippen molar-refractivity contribution in [2.75, 3.05) is 7.11 Å². The Balaban J connectivity index is 1.96. The molecule has 1 aliphatic heterocycles. The first-order valence-corrected chi connectivity index (χ1v) is 8.94. The van der Waals surface area contributed by atoms with Gasteiger partial charge in [0.25, 0.3) is 0 Å². The molecule has 134 valence electrons. The number of benzene rings is 3. The van der Waals surface area contributed by atoms with E-state index in [9.17, 15) is 4.79 Å². The molecule has 3 aromatic carbocycles. The molecule has 4 nitrogen and oxygen atoms in total. The van der Waals surface area contributed by atoms with Crippen molar-refractivity contribution in [2.24, 2.45) is 0 Å². The maximum absolute atomic E-state index is 13.4. The summed E-state index contributed by atoms with van der Waals surface area (Å²) < 4.78 is 11.7. The molecule has 0 amide bonds. The molecule has 2 heterocycles. The third kappa shape index (κ3) is 2.33. The Bertz CT molecular complexity index is 1330. The van der Waals surface area contributed by atoms with Gasteiger partial charge in [0.05, 0.1) is 23.5 Å². The molecule has 0 fully saturated rings. The molecule has 1 N–H and O–H groups in total. The van der Waals surface area contributed by atoms with Crippen molar-refractivity contribution in [3.05, 3.63) is 64.3 Å². The number of aromatic nitrogens is 1. The minimum atomic E-state index is -0.404. The van der Waals surface area contributed by atoms with Gasteiger partial charge in [-0.25, -0.2) is 0 Å². The molecule has 1 aliphatic rings. The first kappa shape index (κ1) is 15.9. The van der Waals surface area contributed by atoms with E-state index < -0.39 is 5.60 Å². The largest absolute Gasteiger partial charge is 0.496 e. The molecule has 0 spiro atoms. The maximum atomic E-state index is 13.4. The van der Waals surface area contributed by atoms with Crippen molar-refractivity contribution in [2.45, 2.75) is 19.4 Å². The Labute approximate surface area is 156 Å². The van der Waals surface area contributed by atoms with Crippen molar-refractivity contribution in [1.29, 1.82) is 0 Å². The number of fused-ring (bicyclic) bond motifs is 5. The highest BCUT2D eigenvalue weighted by Gasteiger charge is 2.26. The van der Waals surface area contributed by atoms with Crippen LogP contribution in [0.4, 0.5) is 0 Å². The number of pyridine rings is 1. The minimum Gasteiger partial charge on any atom is -0.496 e. The van der Waals surface area contributed by atoms with Crippen LogP contribution >= 0.6 is 0 Å². The number of rotatable bonds is 1. The normalized spacial score (nSPS) is 15.1. The summed E-state index contributed by atoms with van der Waals surface area (Å²) in [5.74, 6) is 1.23. The lowest BCUT2D eigenvalue weighted by Crippen LogP contribution is -2.27. The molecule has 0 aliphatic carbocycles. The Morgan fingerprint density at radius 1 is 1.07 bits per heavy atom. The van der Waals surface area contributed by atoms with Crippen molar-refractivity contribution in [3.8, 4) is 11.5 Å². The van der Waals surface area contributed by atoms with Crippen molar-refractivity contribution in [3.63, 3.8) is 0 Å². The molecular formula is C23H19NO3. The summed E-state index contributed by atoms with van der Waals surface area (Å²) >= 11 is 0.